The van der Waals surface area contributed by atoms with Gasteiger partial charge in [0.1, 0.15) is 12.0 Å². The fraction of sp³-hybridized carbons (Fsp3) is 0.500. The van der Waals surface area contributed by atoms with Gasteiger partial charge in [0.25, 0.3) is 0 Å². The minimum absolute atomic E-state index is 0.0216. The van der Waals surface area contributed by atoms with E-state index in [2.05, 4.69) is 12.2 Å². The Morgan fingerprint density at radius 1 is 1.40 bits per heavy atom. The van der Waals surface area contributed by atoms with E-state index in [9.17, 15) is 5.11 Å². The van der Waals surface area contributed by atoms with Crippen LogP contribution in [0, 0.1) is 0 Å². The molecule has 2 rings (SSSR count). The zero-order chi connectivity index (χ0) is 10.7. The summed E-state index contributed by atoms with van der Waals surface area (Å²) in [6.07, 6.45) is 1.21. The topological polar surface area (TPSA) is 41.5 Å². The second kappa shape index (κ2) is 4.64. The molecule has 0 spiro atoms. The zero-order valence-corrected chi connectivity index (χ0v) is 8.94. The van der Waals surface area contributed by atoms with Gasteiger partial charge in [-0.15, -0.1) is 0 Å². The molecule has 0 radical (unpaired) electrons. The predicted octanol–water partition coefficient (Wildman–Crippen LogP) is 1.83. The maximum Gasteiger partial charge on any atom is 0.150 e. The van der Waals surface area contributed by atoms with Crippen molar-refractivity contribution >= 4 is 0 Å². The van der Waals surface area contributed by atoms with Crippen molar-refractivity contribution in [2.45, 2.75) is 32.1 Å². The van der Waals surface area contributed by atoms with Crippen LogP contribution in [0.5, 0.6) is 5.75 Å². The van der Waals surface area contributed by atoms with Crippen LogP contribution in [0.3, 0.4) is 0 Å². The van der Waals surface area contributed by atoms with Gasteiger partial charge < -0.3 is 9.84 Å². The van der Waals surface area contributed by atoms with E-state index in [-0.39, 0.29) is 6.23 Å². The lowest BCUT2D eigenvalue weighted by atomic mass is 10.1. The molecule has 0 bridgehead atoms. The van der Waals surface area contributed by atoms with Crippen LogP contribution >= 0.6 is 0 Å². The summed E-state index contributed by atoms with van der Waals surface area (Å²) in [5.74, 6) is 0.799. The Labute approximate surface area is 90.1 Å². The Morgan fingerprint density at radius 3 is 3.00 bits per heavy atom. The van der Waals surface area contributed by atoms with Crippen molar-refractivity contribution in [2.24, 2.45) is 0 Å². The third-order valence-electron chi connectivity index (χ3n) is 2.68. The molecule has 1 aromatic carbocycles. The summed E-state index contributed by atoms with van der Waals surface area (Å²) >= 11 is 0. The van der Waals surface area contributed by atoms with Crippen LogP contribution in [0.4, 0.5) is 0 Å². The molecular weight excluding hydrogens is 190 g/mol. The Balaban J connectivity index is 2.21. The largest absolute Gasteiger partial charge is 0.475 e. The summed E-state index contributed by atoms with van der Waals surface area (Å²) in [5.41, 5.74) is 0.901. The first kappa shape index (κ1) is 10.5. The maximum absolute atomic E-state index is 9.92. The van der Waals surface area contributed by atoms with Crippen molar-refractivity contribution in [1.29, 1.82) is 0 Å². The Hall–Kier alpha value is -1.06. The van der Waals surface area contributed by atoms with Gasteiger partial charge in [-0.05, 0) is 19.0 Å². The van der Waals surface area contributed by atoms with Gasteiger partial charge in [0.05, 0.1) is 6.10 Å². The number of rotatable bonds is 2. The highest BCUT2D eigenvalue weighted by molar-refractivity contribution is 5.35. The summed E-state index contributed by atoms with van der Waals surface area (Å²) in [6.45, 7) is 2.93. The lowest BCUT2D eigenvalue weighted by molar-refractivity contribution is 0.138. The first-order valence-corrected chi connectivity index (χ1v) is 5.48. The molecule has 82 valence electrons. The van der Waals surface area contributed by atoms with E-state index in [0.29, 0.717) is 0 Å². The van der Waals surface area contributed by atoms with E-state index in [1.807, 2.05) is 24.3 Å². The molecule has 2 N–H and O–H groups in total. The van der Waals surface area contributed by atoms with Crippen molar-refractivity contribution in [2.75, 3.05) is 6.54 Å². The molecule has 1 aliphatic heterocycles. The van der Waals surface area contributed by atoms with Gasteiger partial charge in [-0.25, -0.2) is 0 Å². The lowest BCUT2D eigenvalue weighted by Crippen LogP contribution is -2.33. The minimum atomic E-state index is -0.398. The standard InChI is InChI=1S/C12H17NO2/c1-2-13-12-8-7-10(14)9-5-3-4-6-11(9)15-12/h3-6,10,12-14H,2,7-8H2,1H3. The van der Waals surface area contributed by atoms with Gasteiger partial charge in [-0.1, -0.05) is 25.1 Å². The number of aliphatic hydroxyl groups excluding tert-OH is 1. The SMILES string of the molecule is CCNC1CCC(O)c2ccccc2O1. The number of nitrogens with one attached hydrogen (secondary N) is 1. The second-order valence-electron chi connectivity index (χ2n) is 3.80. The monoisotopic (exact) mass is 207 g/mol. The van der Waals surface area contributed by atoms with Crippen molar-refractivity contribution in [3.63, 3.8) is 0 Å². The van der Waals surface area contributed by atoms with Crippen molar-refractivity contribution in [1.82, 2.24) is 5.32 Å². The number of aliphatic hydroxyl groups is 1. The first-order valence-electron chi connectivity index (χ1n) is 5.48. The number of ether oxygens (including phenoxy) is 1. The summed E-state index contributed by atoms with van der Waals surface area (Å²) in [6, 6.07) is 7.70. The molecule has 3 nitrogen and oxygen atoms in total. The fourth-order valence-corrected chi connectivity index (χ4v) is 1.91. The summed E-state index contributed by atoms with van der Waals surface area (Å²) < 4.78 is 5.80. The van der Waals surface area contributed by atoms with Gasteiger partial charge in [0, 0.05) is 12.0 Å². The van der Waals surface area contributed by atoms with E-state index in [4.69, 9.17) is 4.74 Å². The first-order chi connectivity index (χ1) is 7.31. The van der Waals surface area contributed by atoms with Gasteiger partial charge in [-0.3, -0.25) is 5.32 Å². The number of benzene rings is 1. The van der Waals surface area contributed by atoms with Crippen LogP contribution in [0.15, 0.2) is 24.3 Å². The van der Waals surface area contributed by atoms with Gasteiger partial charge >= 0.3 is 0 Å². The van der Waals surface area contributed by atoms with E-state index in [0.717, 1.165) is 30.7 Å². The summed E-state index contributed by atoms with van der Waals surface area (Å²) in [4.78, 5) is 0. The zero-order valence-electron chi connectivity index (χ0n) is 8.94. The van der Waals surface area contributed by atoms with Crippen molar-refractivity contribution < 1.29 is 9.84 Å². The summed E-state index contributed by atoms with van der Waals surface area (Å²) in [5, 5.41) is 13.2. The molecule has 2 unspecified atom stereocenters. The van der Waals surface area contributed by atoms with Gasteiger partial charge in [0.15, 0.2) is 0 Å². The van der Waals surface area contributed by atoms with E-state index >= 15 is 0 Å². The molecule has 15 heavy (non-hydrogen) atoms. The van der Waals surface area contributed by atoms with Gasteiger partial charge in [0.2, 0.25) is 0 Å². The van der Waals surface area contributed by atoms with E-state index in [1.54, 1.807) is 0 Å². The summed E-state index contributed by atoms with van der Waals surface area (Å²) in [7, 11) is 0. The van der Waals surface area contributed by atoms with E-state index < -0.39 is 6.10 Å². The number of hydrogen-bond donors (Lipinski definition) is 2. The molecule has 0 amide bonds. The van der Waals surface area contributed by atoms with Crippen molar-refractivity contribution in [3.05, 3.63) is 29.8 Å². The molecular formula is C12H17NO2. The smallest absolute Gasteiger partial charge is 0.150 e. The van der Waals surface area contributed by atoms with Crippen LogP contribution < -0.4 is 10.1 Å². The van der Waals surface area contributed by atoms with Crippen LogP contribution in [-0.2, 0) is 0 Å². The number of fused-ring (bicyclic) bond motifs is 1. The average Bonchev–Trinajstić information content (AvgIpc) is 2.40. The molecule has 3 heteroatoms. The fourth-order valence-electron chi connectivity index (χ4n) is 1.91. The predicted molar refractivity (Wildman–Crippen MR) is 58.7 cm³/mol. The molecule has 1 aliphatic rings. The lowest BCUT2D eigenvalue weighted by Gasteiger charge is -2.17. The molecule has 0 fully saturated rings. The quantitative estimate of drug-likeness (QED) is 0.777. The highest BCUT2D eigenvalue weighted by atomic mass is 16.5. The molecule has 0 saturated heterocycles. The molecule has 2 atom stereocenters. The molecule has 0 aliphatic carbocycles. The number of para-hydroxylation sites is 1. The number of hydrogen-bond acceptors (Lipinski definition) is 3. The Morgan fingerprint density at radius 2 is 2.20 bits per heavy atom. The van der Waals surface area contributed by atoms with Crippen LogP contribution in [0.25, 0.3) is 0 Å². The molecule has 1 heterocycles. The Kier molecular flexibility index (Phi) is 3.23. The highest BCUT2D eigenvalue weighted by Crippen LogP contribution is 2.32. The van der Waals surface area contributed by atoms with Crippen LogP contribution in [-0.4, -0.2) is 17.9 Å². The van der Waals surface area contributed by atoms with Crippen LogP contribution in [0.1, 0.15) is 31.4 Å². The second-order valence-corrected chi connectivity index (χ2v) is 3.80. The minimum Gasteiger partial charge on any atom is -0.475 e. The molecule has 1 aromatic rings. The highest BCUT2D eigenvalue weighted by Gasteiger charge is 2.22. The van der Waals surface area contributed by atoms with Crippen molar-refractivity contribution in [3.8, 4) is 5.75 Å². The molecule has 0 aromatic heterocycles. The molecule has 0 saturated carbocycles. The van der Waals surface area contributed by atoms with Crippen LogP contribution in [0.2, 0.25) is 0 Å². The maximum atomic E-state index is 9.92. The van der Waals surface area contributed by atoms with Gasteiger partial charge in [-0.2, -0.15) is 0 Å². The average molecular weight is 207 g/mol. The normalized spacial score (nSPS) is 25.2. The third kappa shape index (κ3) is 2.30. The third-order valence-corrected chi connectivity index (χ3v) is 2.68. The Bertz CT molecular complexity index is 327. The van der Waals surface area contributed by atoms with E-state index in [1.165, 1.54) is 0 Å².